The number of benzene rings is 2. The second-order valence-electron chi connectivity index (χ2n) is 7.82. The maximum Gasteiger partial charge on any atom is 0.247 e. The van der Waals surface area contributed by atoms with E-state index in [1.54, 1.807) is 0 Å². The molecular formula is C23H23ClN6O2. The van der Waals surface area contributed by atoms with Crippen molar-refractivity contribution in [1.82, 2.24) is 30.1 Å². The zero-order chi connectivity index (χ0) is 21.9. The fourth-order valence-corrected chi connectivity index (χ4v) is 3.92. The van der Waals surface area contributed by atoms with E-state index in [1.165, 1.54) is 0 Å². The fourth-order valence-electron chi connectivity index (χ4n) is 3.79. The van der Waals surface area contributed by atoms with Gasteiger partial charge in [0, 0.05) is 42.3 Å². The monoisotopic (exact) mass is 450 g/mol. The first-order valence-electron chi connectivity index (χ1n) is 10.6. The highest BCUT2D eigenvalue weighted by Crippen LogP contribution is 2.25. The van der Waals surface area contributed by atoms with Gasteiger partial charge in [0.25, 0.3) is 0 Å². The lowest BCUT2D eigenvalue weighted by Gasteiger charge is -2.36. The predicted octanol–water partition coefficient (Wildman–Crippen LogP) is 4.32. The predicted molar refractivity (Wildman–Crippen MR) is 120 cm³/mol. The largest absolute Gasteiger partial charge is 0.419 e. The van der Waals surface area contributed by atoms with Gasteiger partial charge in [0.1, 0.15) is 0 Å². The Bertz CT molecular complexity index is 1150. The molecule has 0 spiro atoms. The van der Waals surface area contributed by atoms with Crippen LogP contribution in [-0.2, 0) is 6.54 Å². The van der Waals surface area contributed by atoms with Crippen LogP contribution in [0, 0.1) is 0 Å². The van der Waals surface area contributed by atoms with Crippen molar-refractivity contribution in [3.8, 4) is 22.8 Å². The van der Waals surface area contributed by atoms with Crippen molar-refractivity contribution in [2.75, 3.05) is 26.2 Å². The molecule has 8 nitrogen and oxygen atoms in total. The molecule has 3 heterocycles. The Balaban J connectivity index is 1.16. The van der Waals surface area contributed by atoms with Crippen molar-refractivity contribution in [2.45, 2.75) is 19.5 Å². The molecule has 2 aromatic heterocycles. The normalized spacial score (nSPS) is 16.3. The molecule has 5 rings (SSSR count). The number of piperazine rings is 1. The molecule has 1 aliphatic rings. The lowest BCUT2D eigenvalue weighted by Crippen LogP contribution is -2.46. The van der Waals surface area contributed by atoms with Crippen molar-refractivity contribution in [2.24, 2.45) is 0 Å². The minimum absolute atomic E-state index is 0.0574. The summed E-state index contributed by atoms with van der Waals surface area (Å²) in [6.45, 7) is 6.30. The van der Waals surface area contributed by atoms with Crippen LogP contribution in [0.2, 0.25) is 5.02 Å². The molecule has 0 saturated carbocycles. The Morgan fingerprint density at radius 2 is 1.69 bits per heavy atom. The van der Waals surface area contributed by atoms with E-state index in [0.717, 1.165) is 37.3 Å². The standard InChI is InChI=1S/C23H23ClN6O2/c1-16(22-26-27-23(31-22)18-5-3-2-4-6-18)30-13-11-29(12-14-30)15-20-25-21(28-32-20)17-7-9-19(24)10-8-17/h2-10,16H,11-15H2,1H3. The van der Waals surface area contributed by atoms with Gasteiger partial charge < -0.3 is 8.94 Å². The van der Waals surface area contributed by atoms with Gasteiger partial charge in [-0.2, -0.15) is 4.98 Å². The van der Waals surface area contributed by atoms with Gasteiger partial charge in [-0.05, 0) is 43.3 Å². The Hall–Kier alpha value is -3.07. The third kappa shape index (κ3) is 4.57. The lowest BCUT2D eigenvalue weighted by molar-refractivity contribution is 0.0812. The highest BCUT2D eigenvalue weighted by molar-refractivity contribution is 6.30. The highest BCUT2D eigenvalue weighted by Gasteiger charge is 2.26. The van der Waals surface area contributed by atoms with Crippen molar-refractivity contribution in [1.29, 1.82) is 0 Å². The van der Waals surface area contributed by atoms with E-state index in [4.69, 9.17) is 20.5 Å². The number of hydrogen-bond acceptors (Lipinski definition) is 8. The number of aromatic nitrogens is 4. The summed E-state index contributed by atoms with van der Waals surface area (Å²) in [6.07, 6.45) is 0. The van der Waals surface area contributed by atoms with Crippen molar-refractivity contribution >= 4 is 11.6 Å². The van der Waals surface area contributed by atoms with Crippen LogP contribution >= 0.6 is 11.6 Å². The van der Waals surface area contributed by atoms with Crippen LogP contribution in [0.15, 0.2) is 63.5 Å². The summed E-state index contributed by atoms with van der Waals surface area (Å²) in [5.41, 5.74) is 1.82. The topological polar surface area (TPSA) is 84.3 Å². The molecule has 32 heavy (non-hydrogen) atoms. The first-order chi connectivity index (χ1) is 15.7. The van der Waals surface area contributed by atoms with Gasteiger partial charge in [0.15, 0.2) is 0 Å². The van der Waals surface area contributed by atoms with E-state index in [1.807, 2.05) is 54.6 Å². The molecule has 0 aliphatic carbocycles. The maximum absolute atomic E-state index is 5.95. The SMILES string of the molecule is CC(c1nnc(-c2ccccc2)o1)N1CCN(Cc2nc(-c3ccc(Cl)cc3)no2)CC1. The molecule has 0 N–H and O–H groups in total. The van der Waals surface area contributed by atoms with E-state index < -0.39 is 0 Å². The summed E-state index contributed by atoms with van der Waals surface area (Å²) < 4.78 is 11.4. The van der Waals surface area contributed by atoms with E-state index >= 15 is 0 Å². The zero-order valence-corrected chi connectivity index (χ0v) is 18.4. The summed E-state index contributed by atoms with van der Waals surface area (Å²) in [6, 6.07) is 17.3. The molecule has 0 radical (unpaired) electrons. The molecule has 4 aromatic rings. The molecule has 1 aliphatic heterocycles. The average Bonchev–Trinajstić information content (AvgIpc) is 3.51. The van der Waals surface area contributed by atoms with Crippen LogP contribution in [-0.4, -0.2) is 56.3 Å². The van der Waals surface area contributed by atoms with Gasteiger partial charge in [-0.3, -0.25) is 9.80 Å². The van der Waals surface area contributed by atoms with Crippen LogP contribution in [0.3, 0.4) is 0 Å². The van der Waals surface area contributed by atoms with Crippen molar-refractivity contribution < 1.29 is 8.94 Å². The van der Waals surface area contributed by atoms with Gasteiger partial charge in [0.2, 0.25) is 23.5 Å². The number of rotatable bonds is 6. The van der Waals surface area contributed by atoms with Crippen molar-refractivity contribution in [3.63, 3.8) is 0 Å². The average molecular weight is 451 g/mol. The fraction of sp³-hybridized carbons (Fsp3) is 0.304. The molecule has 1 atom stereocenters. The quantitative estimate of drug-likeness (QED) is 0.429. The van der Waals surface area contributed by atoms with Gasteiger partial charge in [-0.15, -0.1) is 10.2 Å². The van der Waals surface area contributed by atoms with Crippen LogP contribution in [0.25, 0.3) is 22.8 Å². The summed E-state index contributed by atoms with van der Waals surface area (Å²) in [7, 11) is 0. The Morgan fingerprint density at radius 3 is 2.44 bits per heavy atom. The van der Waals surface area contributed by atoms with E-state index in [0.29, 0.717) is 35.1 Å². The van der Waals surface area contributed by atoms with E-state index in [9.17, 15) is 0 Å². The second kappa shape index (κ2) is 9.20. The van der Waals surface area contributed by atoms with Crippen LogP contribution in [0.5, 0.6) is 0 Å². The molecule has 1 unspecified atom stereocenters. The first kappa shape index (κ1) is 20.8. The number of nitrogens with zero attached hydrogens (tertiary/aromatic N) is 6. The zero-order valence-electron chi connectivity index (χ0n) is 17.7. The maximum atomic E-state index is 5.95. The molecule has 2 aromatic carbocycles. The molecule has 9 heteroatoms. The highest BCUT2D eigenvalue weighted by atomic mass is 35.5. The third-order valence-corrected chi connectivity index (χ3v) is 5.95. The van der Waals surface area contributed by atoms with E-state index in [2.05, 4.69) is 37.1 Å². The first-order valence-corrected chi connectivity index (χ1v) is 11.0. The lowest BCUT2D eigenvalue weighted by atomic mass is 10.2. The molecule has 164 valence electrons. The summed E-state index contributed by atoms with van der Waals surface area (Å²) in [5, 5.41) is 13.3. The minimum atomic E-state index is 0.0574. The molecular weight excluding hydrogens is 428 g/mol. The van der Waals surface area contributed by atoms with Gasteiger partial charge in [0.05, 0.1) is 12.6 Å². The summed E-state index contributed by atoms with van der Waals surface area (Å²) in [4.78, 5) is 9.19. The Labute approximate surface area is 190 Å². The number of hydrogen-bond donors (Lipinski definition) is 0. The molecule has 1 fully saturated rings. The Morgan fingerprint density at radius 1 is 0.938 bits per heavy atom. The van der Waals surface area contributed by atoms with Crippen LogP contribution in [0.1, 0.15) is 24.7 Å². The van der Waals surface area contributed by atoms with Gasteiger partial charge >= 0.3 is 0 Å². The molecule has 1 saturated heterocycles. The Kier molecular flexibility index (Phi) is 5.98. The smallest absolute Gasteiger partial charge is 0.247 e. The minimum Gasteiger partial charge on any atom is -0.419 e. The third-order valence-electron chi connectivity index (χ3n) is 5.70. The van der Waals surface area contributed by atoms with Crippen LogP contribution in [0.4, 0.5) is 0 Å². The molecule has 0 bridgehead atoms. The van der Waals surface area contributed by atoms with Crippen LogP contribution < -0.4 is 0 Å². The second-order valence-corrected chi connectivity index (χ2v) is 8.25. The number of halogens is 1. The summed E-state index contributed by atoms with van der Waals surface area (Å²) >= 11 is 5.95. The van der Waals surface area contributed by atoms with E-state index in [-0.39, 0.29) is 6.04 Å². The summed E-state index contributed by atoms with van der Waals surface area (Å²) in [5.74, 6) is 2.39. The molecule has 0 amide bonds. The van der Waals surface area contributed by atoms with Gasteiger partial charge in [-0.1, -0.05) is 35.0 Å². The van der Waals surface area contributed by atoms with Crippen molar-refractivity contribution in [3.05, 3.63) is 71.4 Å². The van der Waals surface area contributed by atoms with Gasteiger partial charge in [-0.25, -0.2) is 0 Å².